The van der Waals surface area contributed by atoms with Crippen LogP contribution in [0.4, 0.5) is 0 Å². The van der Waals surface area contributed by atoms with Gasteiger partial charge in [0.25, 0.3) is 5.91 Å². The van der Waals surface area contributed by atoms with Crippen LogP contribution in [0, 0.1) is 0 Å². The Hall–Kier alpha value is -0.620. The fraction of sp³-hybridized carbons (Fsp3) is 0.300. The van der Waals surface area contributed by atoms with Crippen molar-refractivity contribution >= 4 is 33.4 Å². The van der Waals surface area contributed by atoms with Gasteiger partial charge >= 0.3 is 0 Å². The molecule has 0 saturated heterocycles. The zero-order valence-electron chi connectivity index (χ0n) is 8.63. The summed E-state index contributed by atoms with van der Waals surface area (Å²) >= 11 is 9.15. The predicted octanol–water partition coefficient (Wildman–Crippen LogP) is 2.41. The molecule has 1 rings (SSSR count). The molecule has 16 heavy (non-hydrogen) atoms. The largest absolute Gasteiger partial charge is 0.382 e. The van der Waals surface area contributed by atoms with E-state index in [0.717, 1.165) is 4.47 Å². The minimum atomic E-state index is -0.381. The molecule has 0 spiro atoms. The number of hydrogen-bond acceptors (Lipinski definition) is 3. The first kappa shape index (κ1) is 13.4. The number of amides is 1. The maximum Gasteiger partial charge on any atom is 0.276 e. The minimum absolute atomic E-state index is 0.288. The maximum absolute atomic E-state index is 11.6. The number of methoxy groups -OCH3 is 1. The zero-order valence-corrected chi connectivity index (χ0v) is 11.0. The van der Waals surface area contributed by atoms with Crippen molar-refractivity contribution in [3.8, 4) is 0 Å². The van der Waals surface area contributed by atoms with Gasteiger partial charge < -0.3 is 4.74 Å². The van der Waals surface area contributed by atoms with Crippen molar-refractivity contribution in [3.63, 3.8) is 0 Å². The van der Waals surface area contributed by atoms with Crippen molar-refractivity contribution in [1.29, 1.82) is 0 Å². The third kappa shape index (κ3) is 4.09. The van der Waals surface area contributed by atoms with E-state index in [4.69, 9.17) is 21.2 Å². The lowest BCUT2D eigenvalue weighted by atomic mass is 10.2. The molecule has 0 saturated carbocycles. The third-order valence-electron chi connectivity index (χ3n) is 1.73. The monoisotopic (exact) mass is 307 g/mol. The summed E-state index contributed by atoms with van der Waals surface area (Å²) in [5, 5.41) is 0.363. The molecule has 88 valence electrons. The maximum atomic E-state index is 11.6. The highest BCUT2D eigenvalue weighted by molar-refractivity contribution is 9.10. The molecule has 0 aromatic heterocycles. The number of ether oxygens (including phenoxy) is 1. The number of nitrogens with one attached hydrogen (secondary N) is 1. The molecule has 0 aliphatic heterocycles. The highest BCUT2D eigenvalue weighted by atomic mass is 79.9. The van der Waals surface area contributed by atoms with Crippen LogP contribution in [0.3, 0.4) is 0 Å². The zero-order chi connectivity index (χ0) is 12.0. The Morgan fingerprint density at radius 3 is 2.88 bits per heavy atom. The van der Waals surface area contributed by atoms with Crippen LogP contribution >= 0.6 is 27.5 Å². The predicted molar refractivity (Wildman–Crippen MR) is 64.4 cm³/mol. The summed E-state index contributed by atoms with van der Waals surface area (Å²) < 4.78 is 5.57. The van der Waals surface area contributed by atoms with Crippen LogP contribution in [0.5, 0.6) is 0 Å². The van der Waals surface area contributed by atoms with E-state index in [-0.39, 0.29) is 12.5 Å². The Balaban J connectivity index is 2.53. The van der Waals surface area contributed by atoms with Crippen molar-refractivity contribution in [2.75, 3.05) is 20.3 Å². The average molecular weight is 309 g/mol. The molecule has 1 aromatic rings. The Labute approximate surface area is 107 Å². The van der Waals surface area contributed by atoms with Crippen LogP contribution in [0.25, 0.3) is 0 Å². The Morgan fingerprint density at radius 2 is 2.25 bits per heavy atom. The third-order valence-corrected chi connectivity index (χ3v) is 2.54. The highest BCUT2D eigenvalue weighted by Crippen LogP contribution is 2.21. The van der Waals surface area contributed by atoms with Gasteiger partial charge in [-0.15, -0.1) is 0 Å². The summed E-state index contributed by atoms with van der Waals surface area (Å²) in [5.74, 6) is -0.381. The molecular formula is C10H11BrClNO3. The number of hydrogen-bond donors (Lipinski definition) is 1. The first-order valence-electron chi connectivity index (χ1n) is 4.51. The van der Waals surface area contributed by atoms with E-state index in [1.54, 1.807) is 25.3 Å². The summed E-state index contributed by atoms with van der Waals surface area (Å²) in [4.78, 5) is 16.4. The van der Waals surface area contributed by atoms with Gasteiger partial charge in [0, 0.05) is 11.6 Å². The van der Waals surface area contributed by atoms with E-state index in [9.17, 15) is 4.79 Å². The summed E-state index contributed by atoms with van der Waals surface area (Å²) in [6.07, 6.45) is 0. The molecule has 1 N–H and O–H groups in total. The first-order valence-corrected chi connectivity index (χ1v) is 5.68. The number of hydroxylamine groups is 1. The Morgan fingerprint density at radius 1 is 1.50 bits per heavy atom. The molecule has 0 bridgehead atoms. The second-order valence-corrected chi connectivity index (χ2v) is 4.22. The average Bonchev–Trinajstić information content (AvgIpc) is 2.24. The van der Waals surface area contributed by atoms with Crippen molar-refractivity contribution in [1.82, 2.24) is 5.48 Å². The topological polar surface area (TPSA) is 47.6 Å². The standard InChI is InChI=1S/C10H11BrClNO3/c1-15-4-5-16-13-10(14)8-3-2-7(11)6-9(8)12/h2-3,6H,4-5H2,1H3,(H,13,14). The molecule has 1 amide bonds. The lowest BCUT2D eigenvalue weighted by Crippen LogP contribution is -2.25. The number of carbonyl (C=O) groups is 1. The molecule has 0 atom stereocenters. The first-order chi connectivity index (χ1) is 7.65. The lowest BCUT2D eigenvalue weighted by Gasteiger charge is -2.06. The number of carbonyl (C=O) groups excluding carboxylic acids is 1. The molecule has 0 radical (unpaired) electrons. The fourth-order valence-electron chi connectivity index (χ4n) is 0.970. The van der Waals surface area contributed by atoms with Crippen LogP contribution in [-0.2, 0) is 9.57 Å². The van der Waals surface area contributed by atoms with Gasteiger partial charge in [-0.2, -0.15) is 0 Å². The molecule has 0 aliphatic rings. The number of rotatable bonds is 5. The van der Waals surface area contributed by atoms with Crippen molar-refractivity contribution < 1.29 is 14.4 Å². The van der Waals surface area contributed by atoms with Crippen LogP contribution in [0.2, 0.25) is 5.02 Å². The fourth-order valence-corrected chi connectivity index (χ4v) is 1.73. The molecule has 4 nitrogen and oxygen atoms in total. The second-order valence-electron chi connectivity index (χ2n) is 2.90. The highest BCUT2D eigenvalue weighted by Gasteiger charge is 2.10. The van der Waals surface area contributed by atoms with Gasteiger partial charge in [0.1, 0.15) is 0 Å². The van der Waals surface area contributed by atoms with Gasteiger partial charge in [-0.25, -0.2) is 5.48 Å². The quantitative estimate of drug-likeness (QED) is 0.671. The van der Waals surface area contributed by atoms with E-state index in [1.165, 1.54) is 0 Å². The van der Waals surface area contributed by atoms with Crippen LogP contribution in [0.15, 0.2) is 22.7 Å². The van der Waals surface area contributed by atoms with E-state index >= 15 is 0 Å². The van der Waals surface area contributed by atoms with Gasteiger partial charge in [-0.3, -0.25) is 9.63 Å². The van der Waals surface area contributed by atoms with Crippen LogP contribution in [0.1, 0.15) is 10.4 Å². The number of halogens is 2. The van der Waals surface area contributed by atoms with Crippen LogP contribution < -0.4 is 5.48 Å². The van der Waals surface area contributed by atoms with Crippen molar-refractivity contribution in [3.05, 3.63) is 33.3 Å². The normalized spacial score (nSPS) is 10.2. The van der Waals surface area contributed by atoms with Gasteiger partial charge in [-0.1, -0.05) is 27.5 Å². The number of benzene rings is 1. The molecule has 1 aromatic carbocycles. The summed E-state index contributed by atoms with van der Waals surface area (Å²) in [5.41, 5.74) is 2.64. The Bertz CT molecular complexity index is 373. The van der Waals surface area contributed by atoms with Gasteiger partial charge in [0.2, 0.25) is 0 Å². The van der Waals surface area contributed by atoms with Crippen LogP contribution in [-0.4, -0.2) is 26.2 Å². The van der Waals surface area contributed by atoms with Crippen molar-refractivity contribution in [2.24, 2.45) is 0 Å². The molecule has 0 fully saturated rings. The summed E-state index contributed by atoms with van der Waals surface area (Å²) in [6.45, 7) is 0.699. The molecular weight excluding hydrogens is 297 g/mol. The molecule has 0 heterocycles. The Kier molecular flexibility index (Phi) is 5.76. The van der Waals surface area contributed by atoms with E-state index in [2.05, 4.69) is 21.4 Å². The van der Waals surface area contributed by atoms with E-state index < -0.39 is 0 Å². The second kappa shape index (κ2) is 6.85. The van der Waals surface area contributed by atoms with Gasteiger partial charge in [-0.05, 0) is 18.2 Å². The summed E-state index contributed by atoms with van der Waals surface area (Å²) in [6, 6.07) is 4.99. The lowest BCUT2D eigenvalue weighted by molar-refractivity contribution is 0.00889. The van der Waals surface area contributed by atoms with Gasteiger partial charge in [0.05, 0.1) is 23.8 Å². The van der Waals surface area contributed by atoms with Crippen molar-refractivity contribution in [2.45, 2.75) is 0 Å². The van der Waals surface area contributed by atoms with Gasteiger partial charge in [0.15, 0.2) is 0 Å². The summed E-state index contributed by atoms with van der Waals surface area (Å²) in [7, 11) is 1.55. The molecule has 6 heteroatoms. The van der Waals surface area contributed by atoms with E-state index in [1.807, 2.05) is 0 Å². The minimum Gasteiger partial charge on any atom is -0.382 e. The smallest absolute Gasteiger partial charge is 0.276 e. The van der Waals surface area contributed by atoms with E-state index in [0.29, 0.717) is 17.2 Å². The molecule has 0 aliphatic carbocycles. The molecule has 0 unspecified atom stereocenters. The SMILES string of the molecule is COCCONC(=O)c1ccc(Br)cc1Cl.